The maximum atomic E-state index is 9.15. The number of phenols is 1. The smallest absolute Gasteiger partial charge is 0.115 e. The van der Waals surface area contributed by atoms with Crippen molar-refractivity contribution in [1.82, 2.24) is 0 Å². The van der Waals surface area contributed by atoms with Gasteiger partial charge in [-0.2, -0.15) is 0 Å². The van der Waals surface area contributed by atoms with Crippen molar-refractivity contribution in [3.63, 3.8) is 0 Å². The summed E-state index contributed by atoms with van der Waals surface area (Å²) < 4.78 is 0. The largest absolute Gasteiger partial charge is 0.508 e. The first-order valence-corrected chi connectivity index (χ1v) is 5.51. The second-order valence-electron chi connectivity index (χ2n) is 3.82. The van der Waals surface area contributed by atoms with Crippen LogP contribution in [0.25, 0.3) is 0 Å². The second-order valence-corrected chi connectivity index (χ2v) is 3.82. The quantitative estimate of drug-likeness (QED) is 0.819. The van der Waals surface area contributed by atoms with E-state index in [1.54, 1.807) is 12.1 Å². The zero-order valence-electron chi connectivity index (χ0n) is 9.13. The lowest BCUT2D eigenvalue weighted by atomic mass is 10.0. The van der Waals surface area contributed by atoms with Gasteiger partial charge < -0.3 is 5.11 Å². The number of aromatic hydroxyl groups is 1. The first-order chi connectivity index (χ1) is 7.84. The average molecular weight is 211 g/mol. The average Bonchev–Trinajstić information content (AvgIpc) is 2.33. The maximum Gasteiger partial charge on any atom is 0.115 e. The first kappa shape index (κ1) is 10.7. The molecule has 0 saturated carbocycles. The van der Waals surface area contributed by atoms with E-state index in [1.165, 1.54) is 5.56 Å². The molecule has 16 heavy (non-hydrogen) atoms. The third-order valence-electron chi connectivity index (χ3n) is 2.55. The van der Waals surface area contributed by atoms with E-state index < -0.39 is 0 Å². The number of hydrogen-bond acceptors (Lipinski definition) is 1. The number of phenolic OH excluding ortho intramolecular Hbond substituents is 1. The summed E-state index contributed by atoms with van der Waals surface area (Å²) in [6, 6.07) is 17.7. The zero-order chi connectivity index (χ0) is 11.2. The lowest BCUT2D eigenvalue weighted by molar-refractivity contribution is 0.475. The second kappa shape index (κ2) is 5.36. The van der Waals surface area contributed by atoms with Crippen LogP contribution in [0.1, 0.15) is 17.5 Å². The summed E-state index contributed by atoms with van der Waals surface area (Å²) in [5.41, 5.74) is 2.52. The Balaban J connectivity index is 1.82. The molecule has 0 spiro atoms. The van der Waals surface area contributed by atoms with E-state index in [4.69, 9.17) is 5.11 Å². The van der Waals surface area contributed by atoms with Gasteiger partial charge in [-0.25, -0.2) is 0 Å². The minimum atomic E-state index is 0.320. The molecule has 0 aliphatic heterocycles. The van der Waals surface area contributed by atoms with E-state index in [0.29, 0.717) is 5.75 Å². The van der Waals surface area contributed by atoms with Crippen LogP contribution in [-0.2, 0) is 6.42 Å². The molecule has 0 aliphatic carbocycles. The lowest BCUT2D eigenvalue weighted by Crippen LogP contribution is -1.87. The van der Waals surface area contributed by atoms with Crippen molar-refractivity contribution in [1.29, 1.82) is 0 Å². The Kier molecular flexibility index (Phi) is 3.60. The predicted octanol–water partition coefficient (Wildman–Crippen LogP) is 3.58. The van der Waals surface area contributed by atoms with E-state index in [0.717, 1.165) is 18.4 Å². The Morgan fingerprint density at radius 1 is 0.875 bits per heavy atom. The summed E-state index contributed by atoms with van der Waals surface area (Å²) in [7, 11) is 0. The van der Waals surface area contributed by atoms with E-state index >= 15 is 0 Å². The normalized spacial score (nSPS) is 10.2. The van der Waals surface area contributed by atoms with Crippen LogP contribution in [-0.4, -0.2) is 5.11 Å². The van der Waals surface area contributed by atoms with Crippen LogP contribution in [0.15, 0.2) is 54.6 Å². The Hall–Kier alpha value is -1.76. The minimum Gasteiger partial charge on any atom is -0.508 e. The van der Waals surface area contributed by atoms with Crippen molar-refractivity contribution < 1.29 is 5.11 Å². The third-order valence-corrected chi connectivity index (χ3v) is 2.55. The molecule has 0 fully saturated rings. The molecule has 1 N–H and O–H groups in total. The Bertz CT molecular complexity index is 417. The van der Waals surface area contributed by atoms with Crippen molar-refractivity contribution in [2.75, 3.05) is 0 Å². The molecule has 1 radical (unpaired) electrons. The van der Waals surface area contributed by atoms with Crippen LogP contribution in [0.5, 0.6) is 5.75 Å². The fourth-order valence-electron chi connectivity index (χ4n) is 1.66. The summed E-state index contributed by atoms with van der Waals surface area (Å²) in [4.78, 5) is 0. The summed E-state index contributed by atoms with van der Waals surface area (Å²) in [6.07, 6.45) is 4.27. The van der Waals surface area contributed by atoms with E-state index in [9.17, 15) is 0 Å². The van der Waals surface area contributed by atoms with E-state index in [1.807, 2.05) is 18.2 Å². The summed E-state index contributed by atoms with van der Waals surface area (Å²) in [6.45, 7) is 0. The molecule has 0 heterocycles. The van der Waals surface area contributed by atoms with E-state index in [2.05, 4.69) is 30.7 Å². The van der Waals surface area contributed by atoms with Crippen LogP contribution in [0.3, 0.4) is 0 Å². The first-order valence-electron chi connectivity index (χ1n) is 5.51. The fraction of sp³-hybridized carbons (Fsp3) is 0.133. The molecule has 1 heteroatoms. The van der Waals surface area contributed by atoms with E-state index in [-0.39, 0.29) is 0 Å². The maximum absolute atomic E-state index is 9.15. The topological polar surface area (TPSA) is 20.2 Å². The highest BCUT2D eigenvalue weighted by atomic mass is 16.3. The SMILES string of the molecule is Oc1ccc([CH]CCc2ccccc2)cc1. The van der Waals surface area contributed by atoms with Gasteiger partial charge in [-0.1, -0.05) is 42.5 Å². The lowest BCUT2D eigenvalue weighted by Gasteiger charge is -2.02. The molecular weight excluding hydrogens is 196 g/mol. The summed E-state index contributed by atoms with van der Waals surface area (Å²) >= 11 is 0. The highest BCUT2D eigenvalue weighted by Crippen LogP contribution is 2.14. The molecule has 1 nitrogen and oxygen atoms in total. The van der Waals surface area contributed by atoms with Gasteiger partial charge in [-0.3, -0.25) is 0 Å². The fourth-order valence-corrected chi connectivity index (χ4v) is 1.66. The van der Waals surface area contributed by atoms with Crippen molar-refractivity contribution in [2.24, 2.45) is 0 Å². The number of aryl methyl sites for hydroxylation is 1. The predicted molar refractivity (Wildman–Crippen MR) is 66.3 cm³/mol. The third kappa shape index (κ3) is 3.13. The number of benzene rings is 2. The van der Waals surface area contributed by atoms with Gasteiger partial charge in [0.2, 0.25) is 0 Å². The van der Waals surface area contributed by atoms with Crippen LogP contribution in [0.2, 0.25) is 0 Å². The summed E-state index contributed by atoms with van der Waals surface area (Å²) in [5.74, 6) is 0.320. The van der Waals surface area contributed by atoms with Crippen LogP contribution < -0.4 is 0 Å². The monoisotopic (exact) mass is 211 g/mol. The molecule has 0 amide bonds. The van der Waals surface area contributed by atoms with Crippen molar-refractivity contribution in [3.8, 4) is 5.75 Å². The van der Waals surface area contributed by atoms with Gasteiger partial charge in [-0.15, -0.1) is 0 Å². The van der Waals surface area contributed by atoms with Gasteiger partial charge in [-0.05, 0) is 42.5 Å². The van der Waals surface area contributed by atoms with Gasteiger partial charge in [0.1, 0.15) is 5.75 Å². The van der Waals surface area contributed by atoms with Gasteiger partial charge in [0.25, 0.3) is 0 Å². The highest BCUT2D eigenvalue weighted by molar-refractivity contribution is 5.30. The minimum absolute atomic E-state index is 0.320. The van der Waals surface area contributed by atoms with Crippen molar-refractivity contribution in [3.05, 3.63) is 72.1 Å². The standard InChI is InChI=1S/C15H15O/c16-15-11-9-14(10-12-15)8-4-7-13-5-2-1-3-6-13/h1-3,5-6,8-12,16H,4,7H2. The molecule has 81 valence electrons. The van der Waals surface area contributed by atoms with Crippen LogP contribution >= 0.6 is 0 Å². The van der Waals surface area contributed by atoms with Gasteiger partial charge in [0.15, 0.2) is 0 Å². The van der Waals surface area contributed by atoms with Crippen LogP contribution in [0.4, 0.5) is 0 Å². The van der Waals surface area contributed by atoms with Crippen molar-refractivity contribution in [2.45, 2.75) is 12.8 Å². The Morgan fingerprint density at radius 2 is 1.56 bits per heavy atom. The molecule has 0 aliphatic rings. The molecule has 0 atom stereocenters. The molecule has 0 aromatic heterocycles. The molecule has 0 bridgehead atoms. The summed E-state index contributed by atoms with van der Waals surface area (Å²) in [5, 5.41) is 9.15. The molecule has 2 rings (SSSR count). The number of hydrogen-bond donors (Lipinski definition) is 1. The molecular formula is C15H15O. The Morgan fingerprint density at radius 3 is 2.25 bits per heavy atom. The van der Waals surface area contributed by atoms with Crippen molar-refractivity contribution >= 4 is 0 Å². The zero-order valence-corrected chi connectivity index (χ0v) is 9.13. The molecule has 0 unspecified atom stereocenters. The molecule has 2 aromatic carbocycles. The molecule has 2 aromatic rings. The van der Waals surface area contributed by atoms with Gasteiger partial charge in [0.05, 0.1) is 0 Å². The Labute approximate surface area is 96.4 Å². The van der Waals surface area contributed by atoms with Gasteiger partial charge >= 0.3 is 0 Å². The number of rotatable bonds is 4. The highest BCUT2D eigenvalue weighted by Gasteiger charge is 1.95. The van der Waals surface area contributed by atoms with Gasteiger partial charge in [0, 0.05) is 0 Å². The van der Waals surface area contributed by atoms with Crippen LogP contribution in [0, 0.1) is 6.42 Å². The molecule has 0 saturated heterocycles.